The Kier molecular flexibility index (Phi) is 6.66. The minimum atomic E-state index is -2.28. The highest BCUT2D eigenvalue weighted by Gasteiger charge is 2.59. The van der Waals surface area contributed by atoms with Crippen molar-refractivity contribution in [2.45, 2.75) is 19.0 Å². The average molecular weight is 468 g/mol. The highest BCUT2D eigenvalue weighted by Crippen LogP contribution is 2.62. The lowest BCUT2D eigenvalue weighted by Crippen LogP contribution is -3.00. The van der Waals surface area contributed by atoms with Crippen LogP contribution < -0.4 is 32.9 Å². The Hall–Kier alpha value is -2.29. The Morgan fingerprint density at radius 3 is 1.48 bits per heavy atom. The number of halogens is 1. The molecule has 1 unspecified atom stereocenters. The van der Waals surface area contributed by atoms with E-state index in [9.17, 15) is 9.59 Å². The van der Waals surface area contributed by atoms with Gasteiger partial charge in [0.25, 0.3) is 5.91 Å². The number of likely N-dealkylation sites (tertiary alicyclic amines) is 1. The average Bonchev–Trinajstić information content (AvgIpc) is 3.13. The molecule has 0 N–H and O–H groups in total. The molecule has 3 aromatic rings. The third-order valence-electron chi connectivity index (χ3n) is 5.52. The fourth-order valence-electron chi connectivity index (χ4n) is 4.31. The molecular formula is C24H23BrNO2P. The third kappa shape index (κ3) is 3.68. The molecule has 0 aliphatic carbocycles. The summed E-state index contributed by atoms with van der Waals surface area (Å²) in [7, 11) is -2.28. The summed E-state index contributed by atoms with van der Waals surface area (Å²) in [5.74, 6) is -0.211. The summed E-state index contributed by atoms with van der Waals surface area (Å²) in [6.45, 7) is 1.97. The molecule has 0 spiro atoms. The normalized spacial score (nSPS) is 16.4. The van der Waals surface area contributed by atoms with Crippen molar-refractivity contribution in [2.75, 3.05) is 6.54 Å². The van der Waals surface area contributed by atoms with Crippen molar-refractivity contribution in [3.8, 4) is 0 Å². The number of nitrogens with zero attached hydrogens (tertiary/aromatic N) is 1. The van der Waals surface area contributed by atoms with Crippen molar-refractivity contribution in [1.82, 2.24) is 4.90 Å². The molecule has 0 saturated carbocycles. The molecule has 3 aromatic carbocycles. The van der Waals surface area contributed by atoms with E-state index in [4.69, 9.17) is 0 Å². The summed E-state index contributed by atoms with van der Waals surface area (Å²) in [6.07, 6.45) is 0.685. The first-order valence-corrected chi connectivity index (χ1v) is 11.4. The zero-order valence-electron chi connectivity index (χ0n) is 16.2. The molecule has 1 atom stereocenters. The van der Waals surface area contributed by atoms with E-state index in [0.717, 1.165) is 0 Å². The Morgan fingerprint density at radius 2 is 1.17 bits per heavy atom. The van der Waals surface area contributed by atoms with Crippen LogP contribution in [0.5, 0.6) is 0 Å². The fourth-order valence-corrected chi connectivity index (χ4v) is 9.19. The molecule has 5 heteroatoms. The molecule has 1 saturated heterocycles. The number of hydrogen-bond donors (Lipinski definition) is 0. The van der Waals surface area contributed by atoms with Gasteiger partial charge in [-0.15, -0.1) is 0 Å². The molecular weight excluding hydrogens is 445 g/mol. The molecule has 1 aliphatic rings. The summed E-state index contributed by atoms with van der Waals surface area (Å²) in [4.78, 5) is 26.9. The van der Waals surface area contributed by atoms with Crippen LogP contribution in [0.3, 0.4) is 0 Å². The second-order valence-electron chi connectivity index (χ2n) is 7.04. The maximum absolute atomic E-state index is 13.4. The maximum atomic E-state index is 13.4. The van der Waals surface area contributed by atoms with E-state index in [1.54, 1.807) is 0 Å². The van der Waals surface area contributed by atoms with Crippen molar-refractivity contribution in [3.05, 3.63) is 91.0 Å². The van der Waals surface area contributed by atoms with Crippen molar-refractivity contribution in [3.63, 3.8) is 0 Å². The van der Waals surface area contributed by atoms with Crippen LogP contribution >= 0.6 is 7.26 Å². The van der Waals surface area contributed by atoms with Crippen molar-refractivity contribution in [2.24, 2.45) is 0 Å². The van der Waals surface area contributed by atoms with Gasteiger partial charge in [0.2, 0.25) is 5.91 Å². The molecule has 1 aliphatic heterocycles. The molecule has 0 bridgehead atoms. The molecule has 3 nitrogen and oxygen atoms in total. The maximum Gasteiger partial charge on any atom is 0.271 e. The van der Waals surface area contributed by atoms with Gasteiger partial charge in [-0.05, 0) is 36.4 Å². The van der Waals surface area contributed by atoms with Gasteiger partial charge in [0.1, 0.15) is 23.2 Å². The smallest absolute Gasteiger partial charge is 0.271 e. The second-order valence-corrected chi connectivity index (χ2v) is 10.7. The molecule has 1 heterocycles. The first-order valence-electron chi connectivity index (χ1n) is 9.53. The van der Waals surface area contributed by atoms with E-state index in [1.165, 1.54) is 27.7 Å². The largest absolute Gasteiger partial charge is 1.00 e. The predicted octanol–water partition coefficient (Wildman–Crippen LogP) is 0.132. The molecule has 1 fully saturated rings. The Balaban J connectivity index is 0.00000240. The van der Waals surface area contributed by atoms with E-state index < -0.39 is 7.26 Å². The van der Waals surface area contributed by atoms with E-state index in [1.807, 2.05) is 54.6 Å². The Morgan fingerprint density at radius 1 is 0.793 bits per heavy atom. The van der Waals surface area contributed by atoms with Crippen molar-refractivity contribution < 1.29 is 26.6 Å². The summed E-state index contributed by atoms with van der Waals surface area (Å²) >= 11 is 0. The minimum Gasteiger partial charge on any atom is -1.00 e. The molecule has 4 rings (SSSR count). The molecule has 29 heavy (non-hydrogen) atoms. The standard InChI is InChI=1S/C24H23NO2P.BrH/c1-19(26)25-18-17-23(24(25)27)28(20-11-5-2-6-12-20,21-13-7-3-8-14-21)22-15-9-4-10-16-22;/h2-16,23H,17-18H2,1H3;1H/q+1;/p-1. The zero-order valence-corrected chi connectivity index (χ0v) is 18.7. The van der Waals surface area contributed by atoms with E-state index >= 15 is 0 Å². The number of hydrogen-bond acceptors (Lipinski definition) is 2. The van der Waals surface area contributed by atoms with E-state index in [0.29, 0.717) is 13.0 Å². The van der Waals surface area contributed by atoms with E-state index in [2.05, 4.69) is 36.4 Å². The van der Waals surface area contributed by atoms with Gasteiger partial charge in [-0.1, -0.05) is 54.6 Å². The lowest BCUT2D eigenvalue weighted by Gasteiger charge is -2.31. The van der Waals surface area contributed by atoms with Gasteiger partial charge in [-0.3, -0.25) is 14.5 Å². The van der Waals surface area contributed by atoms with E-state index in [-0.39, 0.29) is 34.5 Å². The summed E-state index contributed by atoms with van der Waals surface area (Å²) in [6, 6.07) is 31.1. The Bertz CT molecular complexity index is 883. The van der Waals surface area contributed by atoms with Gasteiger partial charge in [0, 0.05) is 19.9 Å². The van der Waals surface area contributed by atoms with Crippen LogP contribution in [0.15, 0.2) is 91.0 Å². The highest BCUT2D eigenvalue weighted by atomic mass is 79.9. The SMILES string of the molecule is CC(=O)N1CCC([P+](c2ccccc2)(c2ccccc2)c2ccccc2)C1=O.[Br-]. The topological polar surface area (TPSA) is 37.4 Å². The van der Waals surface area contributed by atoms with Gasteiger partial charge in [0.15, 0.2) is 5.66 Å². The second kappa shape index (κ2) is 9.02. The van der Waals surface area contributed by atoms with Crippen LogP contribution in [-0.4, -0.2) is 28.9 Å². The van der Waals surface area contributed by atoms with Crippen LogP contribution in [-0.2, 0) is 9.59 Å². The molecule has 0 radical (unpaired) electrons. The van der Waals surface area contributed by atoms with Gasteiger partial charge >= 0.3 is 0 Å². The van der Waals surface area contributed by atoms with Gasteiger partial charge in [0.05, 0.1) is 0 Å². The number of benzene rings is 3. The number of carbonyl (C=O) groups excluding carboxylic acids is 2. The number of carbonyl (C=O) groups is 2. The zero-order chi connectivity index (χ0) is 19.6. The predicted molar refractivity (Wildman–Crippen MR) is 116 cm³/mol. The number of rotatable bonds is 4. The number of amides is 2. The van der Waals surface area contributed by atoms with Crippen LogP contribution in [0.2, 0.25) is 0 Å². The fraction of sp³-hybridized carbons (Fsp3) is 0.167. The van der Waals surface area contributed by atoms with Crippen molar-refractivity contribution in [1.29, 1.82) is 0 Å². The highest BCUT2D eigenvalue weighted by molar-refractivity contribution is 7.96. The third-order valence-corrected chi connectivity index (χ3v) is 10.3. The number of imide groups is 1. The quantitative estimate of drug-likeness (QED) is 0.511. The summed E-state index contributed by atoms with van der Waals surface area (Å²) < 4.78 is 0. The van der Waals surface area contributed by atoms with Gasteiger partial charge in [-0.25, -0.2) is 0 Å². The minimum absolute atomic E-state index is 0. The lowest BCUT2D eigenvalue weighted by atomic mass is 10.3. The van der Waals surface area contributed by atoms with Crippen LogP contribution in [0.1, 0.15) is 13.3 Å². The lowest BCUT2D eigenvalue weighted by molar-refractivity contribution is -0.140. The van der Waals surface area contributed by atoms with Crippen LogP contribution in [0, 0.1) is 0 Å². The first-order chi connectivity index (χ1) is 13.7. The van der Waals surface area contributed by atoms with Gasteiger partial charge < -0.3 is 17.0 Å². The van der Waals surface area contributed by atoms with Crippen LogP contribution in [0.4, 0.5) is 0 Å². The molecule has 148 valence electrons. The van der Waals surface area contributed by atoms with Crippen molar-refractivity contribution >= 4 is 35.0 Å². The first kappa shape index (κ1) is 21.4. The molecule has 2 amide bonds. The Labute approximate surface area is 182 Å². The molecule has 0 aromatic heterocycles. The summed E-state index contributed by atoms with van der Waals surface area (Å²) in [5, 5.41) is 3.53. The summed E-state index contributed by atoms with van der Waals surface area (Å²) in [5.41, 5.74) is -0.233. The monoisotopic (exact) mass is 467 g/mol. The van der Waals surface area contributed by atoms with Gasteiger partial charge in [-0.2, -0.15) is 0 Å². The van der Waals surface area contributed by atoms with Crippen LogP contribution in [0.25, 0.3) is 0 Å².